The molecule has 3 aliphatic rings. The Balaban J connectivity index is 1.12. The smallest absolute Gasteiger partial charge is 0.407 e. The Bertz CT molecular complexity index is 1030. The summed E-state index contributed by atoms with van der Waals surface area (Å²) in [6, 6.07) is 15.6. The molecule has 2 aromatic rings. The highest BCUT2D eigenvalue weighted by atomic mass is 32.2. The molecule has 0 radical (unpaired) electrons. The topological polar surface area (TPSA) is 95.9 Å². The van der Waals surface area contributed by atoms with Crippen molar-refractivity contribution in [1.29, 1.82) is 0 Å². The number of aliphatic carboxylic acids is 1. The maximum atomic E-state index is 12.6. The third-order valence-corrected chi connectivity index (χ3v) is 7.55. The van der Waals surface area contributed by atoms with E-state index in [4.69, 9.17) is 4.74 Å². The summed E-state index contributed by atoms with van der Waals surface area (Å²) in [5, 5.41) is 12.0. The van der Waals surface area contributed by atoms with Crippen LogP contribution in [0.2, 0.25) is 0 Å². The fraction of sp³-hybridized carbons (Fsp3) is 0.375. The number of amides is 2. The zero-order valence-corrected chi connectivity index (χ0v) is 18.2. The first-order chi connectivity index (χ1) is 15.5. The number of carbonyl (C=O) groups excluding carboxylic acids is 2. The van der Waals surface area contributed by atoms with E-state index < -0.39 is 18.1 Å². The first-order valence-electron chi connectivity index (χ1n) is 10.7. The molecular formula is C24H24N2O5S. The molecule has 1 saturated carbocycles. The van der Waals surface area contributed by atoms with Crippen LogP contribution in [0, 0.1) is 11.8 Å². The Hall–Kier alpha value is -3.00. The average Bonchev–Trinajstić information content (AvgIpc) is 3.27. The van der Waals surface area contributed by atoms with Crippen molar-refractivity contribution in [2.75, 3.05) is 24.8 Å². The van der Waals surface area contributed by atoms with Crippen molar-refractivity contribution in [2.45, 2.75) is 18.4 Å². The number of carboxylic acid groups (broad SMARTS) is 1. The molecule has 0 bridgehead atoms. The quantitative estimate of drug-likeness (QED) is 0.699. The number of hydrogen-bond donors (Lipinski definition) is 2. The molecule has 0 aromatic heterocycles. The average molecular weight is 453 g/mol. The number of benzene rings is 2. The van der Waals surface area contributed by atoms with Crippen molar-refractivity contribution < 1.29 is 24.2 Å². The van der Waals surface area contributed by atoms with Gasteiger partial charge >= 0.3 is 12.1 Å². The van der Waals surface area contributed by atoms with E-state index in [2.05, 4.69) is 29.6 Å². The van der Waals surface area contributed by atoms with Crippen LogP contribution in [0.1, 0.15) is 23.5 Å². The van der Waals surface area contributed by atoms with Crippen molar-refractivity contribution in [2.24, 2.45) is 11.8 Å². The summed E-state index contributed by atoms with van der Waals surface area (Å²) in [4.78, 5) is 37.7. The third kappa shape index (κ3) is 3.83. The van der Waals surface area contributed by atoms with E-state index in [1.807, 2.05) is 24.3 Å². The minimum Gasteiger partial charge on any atom is -0.480 e. The highest BCUT2D eigenvalue weighted by Crippen LogP contribution is 2.44. The maximum Gasteiger partial charge on any atom is 0.407 e. The zero-order chi connectivity index (χ0) is 22.2. The van der Waals surface area contributed by atoms with Gasteiger partial charge in [-0.05, 0) is 34.6 Å². The van der Waals surface area contributed by atoms with E-state index in [9.17, 15) is 19.5 Å². The number of nitrogens with zero attached hydrogens (tertiary/aromatic N) is 1. The van der Waals surface area contributed by atoms with Crippen LogP contribution in [-0.2, 0) is 14.3 Å². The molecule has 2 fully saturated rings. The maximum absolute atomic E-state index is 12.6. The number of carbonyl (C=O) groups is 3. The molecule has 3 atom stereocenters. The molecule has 8 heteroatoms. The van der Waals surface area contributed by atoms with Crippen LogP contribution in [0.25, 0.3) is 11.1 Å². The van der Waals surface area contributed by atoms with Crippen LogP contribution in [0.5, 0.6) is 0 Å². The van der Waals surface area contributed by atoms with Gasteiger partial charge in [0.15, 0.2) is 0 Å². The second-order valence-electron chi connectivity index (χ2n) is 8.47. The van der Waals surface area contributed by atoms with E-state index in [0.717, 1.165) is 11.1 Å². The fourth-order valence-corrected chi connectivity index (χ4v) is 5.87. The molecule has 2 aromatic carbocycles. The van der Waals surface area contributed by atoms with Crippen molar-refractivity contribution in [1.82, 2.24) is 10.2 Å². The minimum atomic E-state index is -0.961. The van der Waals surface area contributed by atoms with E-state index in [0.29, 0.717) is 24.6 Å². The predicted octanol–water partition coefficient (Wildman–Crippen LogP) is 3.15. The molecule has 1 saturated heterocycles. The van der Waals surface area contributed by atoms with Crippen LogP contribution >= 0.6 is 11.8 Å². The Labute approximate surface area is 190 Å². The van der Waals surface area contributed by atoms with Crippen molar-refractivity contribution >= 4 is 29.7 Å². The molecule has 1 heterocycles. The molecule has 32 heavy (non-hydrogen) atoms. The van der Waals surface area contributed by atoms with Crippen molar-refractivity contribution in [3.05, 3.63) is 59.7 Å². The molecule has 1 unspecified atom stereocenters. The molecule has 2 amide bonds. The molecule has 166 valence electrons. The van der Waals surface area contributed by atoms with Crippen LogP contribution in [-0.4, -0.2) is 58.8 Å². The van der Waals surface area contributed by atoms with Gasteiger partial charge in [-0.25, -0.2) is 9.59 Å². The van der Waals surface area contributed by atoms with E-state index in [1.165, 1.54) is 27.8 Å². The van der Waals surface area contributed by atoms with Gasteiger partial charge in [0.25, 0.3) is 0 Å². The van der Waals surface area contributed by atoms with Gasteiger partial charge in [0.05, 0.1) is 5.88 Å². The summed E-state index contributed by atoms with van der Waals surface area (Å²) in [5.41, 5.74) is 4.67. The fourth-order valence-electron chi connectivity index (χ4n) is 4.72. The lowest BCUT2D eigenvalue weighted by Gasteiger charge is -2.20. The summed E-state index contributed by atoms with van der Waals surface area (Å²) in [5.74, 6) is -0.425. The number of hydrogen-bond acceptors (Lipinski definition) is 5. The number of thioether (sulfide) groups is 1. The van der Waals surface area contributed by atoms with Crippen molar-refractivity contribution in [3.8, 4) is 11.1 Å². The van der Waals surface area contributed by atoms with Crippen molar-refractivity contribution in [3.63, 3.8) is 0 Å². The Morgan fingerprint density at radius 2 is 1.72 bits per heavy atom. The largest absolute Gasteiger partial charge is 0.480 e. The first-order valence-corrected chi connectivity index (χ1v) is 11.9. The van der Waals surface area contributed by atoms with Crippen LogP contribution < -0.4 is 5.32 Å². The molecular weight excluding hydrogens is 428 g/mol. The lowest BCUT2D eigenvalue weighted by atomic mass is 9.98. The molecule has 5 rings (SSSR count). The highest BCUT2D eigenvalue weighted by Gasteiger charge is 2.48. The SMILES string of the molecule is O=C(NC[C@H]1C[C@H]1C(=O)N1CSCC1C(=O)O)OCC1c2ccccc2-c2ccccc21. The minimum absolute atomic E-state index is 0.00372. The van der Waals surface area contributed by atoms with Crippen LogP contribution in [0.15, 0.2) is 48.5 Å². The van der Waals surface area contributed by atoms with Gasteiger partial charge in [0.1, 0.15) is 12.6 Å². The van der Waals surface area contributed by atoms with Crippen LogP contribution in [0.3, 0.4) is 0 Å². The monoisotopic (exact) mass is 452 g/mol. The van der Waals surface area contributed by atoms with Gasteiger partial charge < -0.3 is 20.1 Å². The highest BCUT2D eigenvalue weighted by molar-refractivity contribution is 7.99. The Morgan fingerprint density at radius 3 is 2.38 bits per heavy atom. The van der Waals surface area contributed by atoms with Gasteiger partial charge in [0, 0.05) is 24.1 Å². The van der Waals surface area contributed by atoms with Gasteiger partial charge in [-0.3, -0.25) is 4.79 Å². The lowest BCUT2D eigenvalue weighted by molar-refractivity contribution is -0.148. The second kappa shape index (κ2) is 8.50. The number of alkyl carbamates (subject to hydrolysis) is 1. The lowest BCUT2D eigenvalue weighted by Crippen LogP contribution is -2.43. The number of rotatable bonds is 6. The summed E-state index contributed by atoms with van der Waals surface area (Å²) in [6.07, 6.45) is 0.167. The second-order valence-corrected chi connectivity index (χ2v) is 9.47. The Kier molecular flexibility index (Phi) is 5.55. The number of nitrogens with one attached hydrogen (secondary N) is 1. The summed E-state index contributed by atoms with van der Waals surface area (Å²) in [7, 11) is 0. The molecule has 0 spiro atoms. The molecule has 2 N–H and O–H groups in total. The summed E-state index contributed by atoms with van der Waals surface area (Å²) < 4.78 is 5.54. The van der Waals surface area contributed by atoms with Gasteiger partial charge in [-0.2, -0.15) is 0 Å². The number of ether oxygens (including phenoxy) is 1. The Morgan fingerprint density at radius 1 is 1.06 bits per heavy atom. The normalized spacial score (nSPS) is 23.4. The van der Waals surface area contributed by atoms with Gasteiger partial charge in [-0.15, -0.1) is 11.8 Å². The van der Waals surface area contributed by atoms with Gasteiger partial charge in [-0.1, -0.05) is 48.5 Å². The molecule has 7 nitrogen and oxygen atoms in total. The molecule has 1 aliphatic heterocycles. The number of fused-ring (bicyclic) bond motifs is 3. The van der Waals surface area contributed by atoms with E-state index in [1.54, 1.807) is 0 Å². The predicted molar refractivity (Wildman–Crippen MR) is 120 cm³/mol. The van der Waals surface area contributed by atoms with Gasteiger partial charge in [0.2, 0.25) is 5.91 Å². The summed E-state index contributed by atoms with van der Waals surface area (Å²) >= 11 is 1.46. The standard InChI is InChI=1S/C24H24N2O5S/c27-22(26-13-32-12-21(26)23(28)29)19-9-14(19)10-25-24(30)31-11-20-17-7-3-1-5-15(17)16-6-2-4-8-18(16)20/h1-8,14,19-21H,9-13H2,(H,25,30)(H,28,29)/t14-,19-,21?/m1/s1. The zero-order valence-electron chi connectivity index (χ0n) is 17.4. The third-order valence-electron chi connectivity index (χ3n) is 6.54. The molecule has 2 aliphatic carbocycles. The number of carboxylic acids is 1. The summed E-state index contributed by atoms with van der Waals surface area (Å²) in [6.45, 7) is 0.601. The van der Waals surface area contributed by atoms with Crippen LogP contribution in [0.4, 0.5) is 4.79 Å². The first kappa shape index (κ1) is 20.9. The van der Waals surface area contributed by atoms with E-state index >= 15 is 0 Å². The van der Waals surface area contributed by atoms with E-state index in [-0.39, 0.29) is 30.3 Å².